The number of aromatic carboxylic acids is 1. The van der Waals surface area contributed by atoms with Crippen LogP contribution in [-0.2, 0) is 10.0 Å². The maximum Gasteiger partial charge on any atom is 0.356 e. The number of ether oxygens (including phenoxy) is 1. The number of sulfonamides is 1. The Kier molecular flexibility index (Phi) is 7.94. The number of nitrogens with one attached hydrogen (secondary N) is 1. The fourth-order valence-electron chi connectivity index (χ4n) is 5.70. The van der Waals surface area contributed by atoms with E-state index in [0.29, 0.717) is 60.2 Å². The third kappa shape index (κ3) is 5.57. The van der Waals surface area contributed by atoms with Gasteiger partial charge in [0.2, 0.25) is 10.0 Å². The van der Waals surface area contributed by atoms with Crippen molar-refractivity contribution >= 4 is 27.4 Å². The second-order valence-corrected chi connectivity index (χ2v) is 12.3. The summed E-state index contributed by atoms with van der Waals surface area (Å²) in [5.74, 6) is -0.309. The second-order valence-electron chi connectivity index (χ2n) is 10.4. The lowest BCUT2D eigenvalue weighted by molar-refractivity contribution is -0.387. The highest BCUT2D eigenvalue weighted by Crippen LogP contribution is 2.38. The molecule has 15 heteroatoms. The summed E-state index contributed by atoms with van der Waals surface area (Å²) in [6.07, 6.45) is 0.616. The van der Waals surface area contributed by atoms with Gasteiger partial charge in [-0.25, -0.2) is 17.9 Å². The van der Waals surface area contributed by atoms with Crippen molar-refractivity contribution in [3.8, 4) is 23.3 Å². The highest BCUT2D eigenvalue weighted by molar-refractivity contribution is 7.89. The van der Waals surface area contributed by atoms with Crippen molar-refractivity contribution in [2.45, 2.75) is 17.4 Å². The number of anilines is 1. The average molecular weight is 630 g/mol. The number of rotatable bonds is 8. The molecule has 0 bridgehead atoms. The van der Waals surface area contributed by atoms with Gasteiger partial charge in [-0.3, -0.25) is 15.0 Å². The summed E-state index contributed by atoms with van der Waals surface area (Å²) in [6.45, 7) is 1.36. The Balaban J connectivity index is 1.23. The van der Waals surface area contributed by atoms with E-state index in [0.717, 1.165) is 0 Å². The molecule has 0 radical (unpaired) electrons. The van der Waals surface area contributed by atoms with Gasteiger partial charge >= 0.3 is 5.97 Å². The average Bonchev–Trinajstić information content (AvgIpc) is 3.46. The minimum absolute atomic E-state index is 0.0317. The van der Waals surface area contributed by atoms with Gasteiger partial charge in [-0.1, -0.05) is 24.3 Å². The van der Waals surface area contributed by atoms with E-state index in [1.807, 2.05) is 0 Å². The predicted molar refractivity (Wildman–Crippen MR) is 161 cm³/mol. The number of para-hydroxylation sites is 2. The summed E-state index contributed by atoms with van der Waals surface area (Å²) in [5.41, 5.74) is 1.31. The molecule has 230 valence electrons. The van der Waals surface area contributed by atoms with Crippen LogP contribution < -0.4 is 10.1 Å². The molecule has 3 heterocycles. The maximum absolute atomic E-state index is 13.3. The summed E-state index contributed by atoms with van der Waals surface area (Å²) in [7, 11) is -4.10. The van der Waals surface area contributed by atoms with Crippen LogP contribution in [0, 0.1) is 21.4 Å². The molecule has 2 aliphatic rings. The summed E-state index contributed by atoms with van der Waals surface area (Å²) in [5, 5.41) is 38.9. The normalized spacial score (nSPS) is 17.1. The topological polar surface area (TPSA) is 184 Å². The number of aromatic nitrogens is 2. The van der Waals surface area contributed by atoms with Crippen LogP contribution in [0.5, 0.6) is 11.5 Å². The second kappa shape index (κ2) is 12.0. The number of piperazine rings is 1. The SMILES string of the molecule is N#Cc1ccccc1Oc1ccc(-n2nc3c(c2C(=O)O)NCC[C@H]3N2CCN(S(=O)(=O)c3ccccc3[N+](=O)[O-])CC2)cc1. The number of benzene rings is 3. The van der Waals surface area contributed by atoms with E-state index in [2.05, 4.69) is 16.3 Å². The van der Waals surface area contributed by atoms with Crippen molar-refractivity contribution in [3.05, 3.63) is 99.9 Å². The number of hydrogen-bond acceptors (Lipinski definition) is 10. The van der Waals surface area contributed by atoms with E-state index >= 15 is 0 Å². The maximum atomic E-state index is 13.3. The van der Waals surface area contributed by atoms with Gasteiger partial charge in [0, 0.05) is 38.8 Å². The first-order chi connectivity index (χ1) is 21.7. The van der Waals surface area contributed by atoms with Crippen molar-refractivity contribution < 1.29 is 28.0 Å². The van der Waals surface area contributed by atoms with Gasteiger partial charge in [0.15, 0.2) is 10.6 Å². The van der Waals surface area contributed by atoms with Crippen LogP contribution in [0.1, 0.15) is 34.2 Å². The lowest BCUT2D eigenvalue weighted by atomic mass is 10.0. The zero-order valence-electron chi connectivity index (χ0n) is 23.7. The van der Waals surface area contributed by atoms with Gasteiger partial charge in [0.25, 0.3) is 5.69 Å². The van der Waals surface area contributed by atoms with Gasteiger partial charge in [0.05, 0.1) is 27.9 Å². The van der Waals surface area contributed by atoms with E-state index < -0.39 is 26.6 Å². The standard InChI is InChI=1S/C30H27N7O7S/c31-19-20-5-1-3-7-25(20)44-22-11-9-21(10-12-22)36-29(30(38)39)28-27(33-36)24(13-14-32-28)34-15-17-35(18-16-34)45(42,43)26-8-4-2-6-23(26)37(40)41/h1-12,24,32H,13-18H2,(H,38,39)/t24-/m1/s1. The van der Waals surface area contributed by atoms with E-state index in [9.17, 15) is 33.7 Å². The minimum atomic E-state index is -4.10. The van der Waals surface area contributed by atoms with Crippen molar-refractivity contribution in [2.24, 2.45) is 0 Å². The number of carbonyl (C=O) groups is 1. The molecular weight excluding hydrogens is 602 g/mol. The van der Waals surface area contributed by atoms with Crippen molar-refractivity contribution in [2.75, 3.05) is 38.0 Å². The van der Waals surface area contributed by atoms with Crippen LogP contribution >= 0.6 is 0 Å². The Hall–Kier alpha value is -5.30. The van der Waals surface area contributed by atoms with Crippen molar-refractivity contribution in [1.82, 2.24) is 19.0 Å². The molecule has 1 saturated heterocycles. The molecule has 14 nitrogen and oxygen atoms in total. The number of carboxylic acid groups (broad SMARTS) is 1. The number of nitriles is 1. The lowest BCUT2D eigenvalue weighted by Gasteiger charge is -2.39. The molecule has 1 atom stereocenters. The molecule has 0 spiro atoms. The minimum Gasteiger partial charge on any atom is -0.476 e. The number of hydrogen-bond donors (Lipinski definition) is 2. The molecule has 3 aromatic carbocycles. The van der Waals surface area contributed by atoms with Gasteiger partial charge < -0.3 is 15.2 Å². The fourth-order valence-corrected chi connectivity index (χ4v) is 7.28. The van der Waals surface area contributed by atoms with Crippen LogP contribution in [0.3, 0.4) is 0 Å². The molecular formula is C30H27N7O7S. The number of nitro benzene ring substituents is 1. The zero-order valence-corrected chi connectivity index (χ0v) is 24.6. The Bertz CT molecular complexity index is 1930. The highest BCUT2D eigenvalue weighted by Gasteiger charge is 2.38. The fraction of sp³-hybridized carbons (Fsp3) is 0.233. The Labute approximate surface area is 257 Å². The summed E-state index contributed by atoms with van der Waals surface area (Å²) in [4.78, 5) is 24.9. The van der Waals surface area contributed by atoms with E-state index in [1.165, 1.54) is 33.3 Å². The third-order valence-electron chi connectivity index (χ3n) is 7.86. The first kappa shape index (κ1) is 29.8. The van der Waals surface area contributed by atoms with Crippen LogP contribution in [0.15, 0.2) is 77.7 Å². The van der Waals surface area contributed by atoms with Crippen molar-refractivity contribution in [3.63, 3.8) is 0 Å². The third-order valence-corrected chi connectivity index (χ3v) is 9.81. The molecule has 0 unspecified atom stereocenters. The zero-order chi connectivity index (χ0) is 31.7. The summed E-state index contributed by atoms with van der Waals surface area (Å²) < 4.78 is 35.1. The number of carboxylic acids is 1. The Morgan fingerprint density at radius 3 is 2.42 bits per heavy atom. The Morgan fingerprint density at radius 2 is 1.73 bits per heavy atom. The number of nitro groups is 1. The predicted octanol–water partition coefficient (Wildman–Crippen LogP) is 4.01. The van der Waals surface area contributed by atoms with Crippen LogP contribution in [-0.4, -0.2) is 76.1 Å². The van der Waals surface area contributed by atoms with Crippen LogP contribution in [0.25, 0.3) is 5.69 Å². The molecule has 4 aromatic rings. The molecule has 2 aliphatic heterocycles. The van der Waals surface area contributed by atoms with E-state index in [4.69, 9.17) is 9.84 Å². The van der Waals surface area contributed by atoms with Crippen LogP contribution in [0.4, 0.5) is 11.4 Å². The Morgan fingerprint density at radius 1 is 1.04 bits per heavy atom. The largest absolute Gasteiger partial charge is 0.476 e. The first-order valence-electron chi connectivity index (χ1n) is 14.0. The monoisotopic (exact) mass is 629 g/mol. The molecule has 2 N–H and O–H groups in total. The molecule has 0 saturated carbocycles. The van der Waals surface area contributed by atoms with E-state index in [1.54, 1.807) is 48.5 Å². The molecule has 1 aromatic heterocycles. The van der Waals surface area contributed by atoms with Gasteiger partial charge in [-0.15, -0.1) is 0 Å². The quantitative estimate of drug-likeness (QED) is 0.212. The van der Waals surface area contributed by atoms with Gasteiger partial charge in [0.1, 0.15) is 23.3 Å². The van der Waals surface area contributed by atoms with E-state index in [-0.39, 0.29) is 29.7 Å². The number of fused-ring (bicyclic) bond motifs is 1. The first-order valence-corrected chi connectivity index (χ1v) is 15.5. The molecule has 1 fully saturated rings. The molecule has 45 heavy (non-hydrogen) atoms. The summed E-state index contributed by atoms with van der Waals surface area (Å²) >= 11 is 0. The smallest absolute Gasteiger partial charge is 0.356 e. The van der Waals surface area contributed by atoms with Crippen molar-refractivity contribution in [1.29, 1.82) is 5.26 Å². The molecule has 6 rings (SSSR count). The summed E-state index contributed by atoms with van der Waals surface area (Å²) in [6, 6.07) is 20.6. The van der Waals surface area contributed by atoms with Gasteiger partial charge in [-0.05, 0) is 48.9 Å². The number of nitrogens with zero attached hydrogens (tertiary/aromatic N) is 6. The van der Waals surface area contributed by atoms with Gasteiger partial charge in [-0.2, -0.15) is 14.7 Å². The van der Waals surface area contributed by atoms with Crippen LogP contribution in [0.2, 0.25) is 0 Å². The molecule has 0 amide bonds. The lowest BCUT2D eigenvalue weighted by Crippen LogP contribution is -2.50. The highest BCUT2D eigenvalue weighted by atomic mass is 32.2. The molecule has 0 aliphatic carbocycles.